The number of nitrogens with zero attached hydrogens (tertiary/aromatic N) is 6. The highest BCUT2D eigenvalue weighted by Crippen LogP contribution is 2.38. The number of anilines is 2. The number of pyridine rings is 1. The topological polar surface area (TPSA) is 154 Å². The number of carboxylic acid groups (broad SMARTS) is 1. The first-order valence-electron chi connectivity index (χ1n) is 14.1. The number of carbonyl (C=O) groups excluding carboxylic acids is 1. The van der Waals surface area contributed by atoms with E-state index in [1.165, 1.54) is 41.9 Å². The Labute approximate surface area is 275 Å². The molecule has 4 aromatic rings. The zero-order valence-electron chi connectivity index (χ0n) is 26.6. The molecule has 244 valence electrons. The molecule has 0 fully saturated rings. The monoisotopic (exact) mass is 671 g/mol. The van der Waals surface area contributed by atoms with E-state index in [4.69, 9.17) is 32.7 Å². The van der Waals surface area contributed by atoms with Gasteiger partial charge in [0.05, 0.1) is 30.1 Å². The molecule has 0 spiro atoms. The lowest BCUT2D eigenvalue weighted by Gasteiger charge is -2.24. The maximum absolute atomic E-state index is 13.1. The number of halogens is 2. The predicted octanol–water partition coefficient (Wildman–Crippen LogP) is 6.07. The van der Waals surface area contributed by atoms with Crippen LogP contribution < -0.4 is 20.5 Å². The van der Waals surface area contributed by atoms with E-state index in [0.29, 0.717) is 21.3 Å². The molecule has 1 unspecified atom stereocenters. The summed E-state index contributed by atoms with van der Waals surface area (Å²) in [6, 6.07) is 7.37. The van der Waals surface area contributed by atoms with Gasteiger partial charge in [-0.3, -0.25) is 4.79 Å². The summed E-state index contributed by atoms with van der Waals surface area (Å²) in [5.74, 6) is -1.61. The number of aromatic carboxylic acids is 1. The van der Waals surface area contributed by atoms with Gasteiger partial charge in [0, 0.05) is 30.9 Å². The van der Waals surface area contributed by atoms with Gasteiger partial charge in [0.25, 0.3) is 5.56 Å². The van der Waals surface area contributed by atoms with Crippen molar-refractivity contribution in [3.05, 3.63) is 85.6 Å². The van der Waals surface area contributed by atoms with Crippen molar-refractivity contribution in [2.45, 2.75) is 52.2 Å². The predicted molar refractivity (Wildman–Crippen MR) is 175 cm³/mol. The number of carboxylic acids is 1. The van der Waals surface area contributed by atoms with Crippen LogP contribution in [0.2, 0.25) is 10.0 Å². The SMILES string of the molecule is COc1nc(N(C)C(=O)OC(C)(C)C)ncc1-n1nc(C(=O)O)c(C(Nc2cc(Cl)cn(C)c2=O)c2ccc(Cl)cc2)c1C(C)C. The molecule has 0 saturated carbocycles. The summed E-state index contributed by atoms with van der Waals surface area (Å²) >= 11 is 12.5. The quantitative estimate of drug-likeness (QED) is 0.214. The van der Waals surface area contributed by atoms with Gasteiger partial charge in [0.15, 0.2) is 5.69 Å². The third-order valence-electron chi connectivity index (χ3n) is 6.76. The Morgan fingerprint density at radius 3 is 2.33 bits per heavy atom. The van der Waals surface area contributed by atoms with Gasteiger partial charge >= 0.3 is 12.1 Å². The van der Waals surface area contributed by atoms with Crippen LogP contribution in [0.4, 0.5) is 16.4 Å². The summed E-state index contributed by atoms with van der Waals surface area (Å²) in [5, 5.41) is 18.9. The molecule has 0 saturated heterocycles. The second-order valence-electron chi connectivity index (χ2n) is 11.7. The normalized spacial score (nSPS) is 12.2. The number of aromatic nitrogens is 5. The fourth-order valence-corrected chi connectivity index (χ4v) is 5.13. The summed E-state index contributed by atoms with van der Waals surface area (Å²) in [6.45, 7) is 8.96. The third kappa shape index (κ3) is 7.26. The first kappa shape index (κ1) is 34.3. The van der Waals surface area contributed by atoms with Crippen molar-refractivity contribution in [3.8, 4) is 11.6 Å². The Morgan fingerprint density at radius 2 is 1.76 bits per heavy atom. The van der Waals surface area contributed by atoms with Crippen LogP contribution in [-0.2, 0) is 11.8 Å². The second kappa shape index (κ2) is 13.4. The molecule has 13 nitrogen and oxygen atoms in total. The number of benzene rings is 1. The van der Waals surface area contributed by atoms with Gasteiger partial charge in [-0.15, -0.1) is 0 Å². The molecule has 0 aliphatic carbocycles. The van der Waals surface area contributed by atoms with Crippen molar-refractivity contribution in [3.63, 3.8) is 0 Å². The van der Waals surface area contributed by atoms with Crippen LogP contribution in [0.1, 0.15) is 73.9 Å². The number of aryl methyl sites for hydroxylation is 1. The summed E-state index contributed by atoms with van der Waals surface area (Å²) in [6.07, 6.45) is 2.18. The van der Waals surface area contributed by atoms with Gasteiger partial charge in [-0.05, 0) is 50.5 Å². The van der Waals surface area contributed by atoms with E-state index in [0.717, 1.165) is 4.90 Å². The molecule has 1 aromatic carbocycles. The van der Waals surface area contributed by atoms with Gasteiger partial charge in [-0.2, -0.15) is 10.1 Å². The number of rotatable bonds is 9. The minimum Gasteiger partial charge on any atom is -0.479 e. The number of hydrogen-bond acceptors (Lipinski definition) is 9. The first-order valence-corrected chi connectivity index (χ1v) is 14.9. The van der Waals surface area contributed by atoms with E-state index in [-0.39, 0.29) is 45.9 Å². The molecular weight excluding hydrogens is 637 g/mol. The van der Waals surface area contributed by atoms with Gasteiger partial charge in [0.2, 0.25) is 11.8 Å². The van der Waals surface area contributed by atoms with Crippen LogP contribution in [0.25, 0.3) is 5.69 Å². The van der Waals surface area contributed by atoms with E-state index in [9.17, 15) is 19.5 Å². The number of carbonyl (C=O) groups is 2. The molecule has 0 bridgehead atoms. The largest absolute Gasteiger partial charge is 0.479 e. The fourth-order valence-electron chi connectivity index (χ4n) is 4.75. The Hall–Kier alpha value is -4.62. The minimum atomic E-state index is -1.31. The molecule has 0 radical (unpaired) electrons. The van der Waals surface area contributed by atoms with Crippen molar-refractivity contribution in [1.29, 1.82) is 0 Å². The lowest BCUT2D eigenvalue weighted by molar-refractivity contribution is 0.0586. The third-order valence-corrected chi connectivity index (χ3v) is 7.22. The number of amides is 1. The van der Waals surface area contributed by atoms with Crippen LogP contribution in [0.15, 0.2) is 47.5 Å². The van der Waals surface area contributed by atoms with Crippen LogP contribution in [-0.4, -0.2) is 61.2 Å². The molecule has 0 aliphatic rings. The van der Waals surface area contributed by atoms with E-state index < -0.39 is 23.7 Å². The van der Waals surface area contributed by atoms with Crippen molar-refractivity contribution >= 4 is 46.9 Å². The first-order chi connectivity index (χ1) is 21.5. The summed E-state index contributed by atoms with van der Waals surface area (Å²) < 4.78 is 13.7. The second-order valence-corrected chi connectivity index (χ2v) is 12.6. The van der Waals surface area contributed by atoms with Crippen molar-refractivity contribution < 1.29 is 24.2 Å². The zero-order valence-corrected chi connectivity index (χ0v) is 28.1. The number of hydrogen-bond donors (Lipinski definition) is 2. The summed E-state index contributed by atoms with van der Waals surface area (Å²) in [5.41, 5.74) is 0.310. The van der Waals surface area contributed by atoms with E-state index in [1.54, 1.807) is 52.1 Å². The number of ether oxygens (including phenoxy) is 2. The maximum Gasteiger partial charge on any atom is 0.416 e. The standard InChI is InChI=1S/C31H35Cl2N7O6/c1-16(2)25-22(23(17-9-11-18(32)12-10-17)35-20-13-19(33)15-38(6)27(20)41)24(28(42)43)37-40(25)21-14-34-29(36-26(21)45-8)39(7)30(44)46-31(3,4)5/h9-16,23,35H,1-8H3,(H,42,43). The maximum atomic E-state index is 13.1. The van der Waals surface area contributed by atoms with Gasteiger partial charge in [-0.25, -0.2) is 24.2 Å². The molecule has 46 heavy (non-hydrogen) atoms. The highest BCUT2D eigenvalue weighted by molar-refractivity contribution is 6.31. The average Bonchev–Trinajstić information content (AvgIpc) is 3.38. The molecule has 0 aliphatic heterocycles. The molecule has 1 amide bonds. The molecule has 3 heterocycles. The molecule has 2 N–H and O–H groups in total. The van der Waals surface area contributed by atoms with Crippen molar-refractivity contribution in [2.75, 3.05) is 24.4 Å². The van der Waals surface area contributed by atoms with Crippen molar-refractivity contribution in [1.82, 2.24) is 24.3 Å². The average molecular weight is 673 g/mol. The van der Waals surface area contributed by atoms with Gasteiger partial charge < -0.3 is 24.5 Å². The molecule has 4 rings (SSSR count). The Bertz CT molecular complexity index is 1830. The lowest BCUT2D eigenvalue weighted by atomic mass is 9.92. The summed E-state index contributed by atoms with van der Waals surface area (Å²) in [4.78, 5) is 48.5. The lowest BCUT2D eigenvalue weighted by Crippen LogP contribution is -2.35. The Balaban J connectivity index is 1.96. The fraction of sp³-hybridized carbons (Fsp3) is 0.355. The molecule has 1 atom stereocenters. The van der Waals surface area contributed by atoms with Gasteiger partial charge in [-0.1, -0.05) is 49.2 Å². The zero-order chi connectivity index (χ0) is 34.1. The Kier molecular flexibility index (Phi) is 9.97. The highest BCUT2D eigenvalue weighted by atomic mass is 35.5. The van der Waals surface area contributed by atoms with Crippen LogP contribution in [0, 0.1) is 0 Å². The van der Waals surface area contributed by atoms with E-state index in [1.807, 2.05) is 13.8 Å². The Morgan fingerprint density at radius 1 is 1.11 bits per heavy atom. The molecular formula is C31H35Cl2N7O6. The smallest absolute Gasteiger partial charge is 0.416 e. The highest BCUT2D eigenvalue weighted by Gasteiger charge is 2.34. The van der Waals surface area contributed by atoms with E-state index in [2.05, 4.69) is 20.4 Å². The van der Waals surface area contributed by atoms with E-state index >= 15 is 0 Å². The van der Waals surface area contributed by atoms with Crippen LogP contribution in [0.3, 0.4) is 0 Å². The van der Waals surface area contributed by atoms with Crippen LogP contribution in [0.5, 0.6) is 5.88 Å². The number of nitrogens with one attached hydrogen (secondary N) is 1. The van der Waals surface area contributed by atoms with Crippen molar-refractivity contribution in [2.24, 2.45) is 7.05 Å². The molecule has 15 heteroatoms. The van der Waals surface area contributed by atoms with Crippen LogP contribution >= 0.6 is 23.2 Å². The summed E-state index contributed by atoms with van der Waals surface area (Å²) in [7, 11) is 4.40. The number of methoxy groups -OCH3 is 1. The minimum absolute atomic E-state index is 0.00991. The molecule has 3 aromatic heterocycles. The van der Waals surface area contributed by atoms with Gasteiger partial charge in [0.1, 0.15) is 17.0 Å².